The maximum absolute atomic E-state index is 5.61. The molecule has 116 heavy (non-hydrogen) atoms. The van der Waals surface area contributed by atoms with Crippen LogP contribution in [0, 0.1) is 43.3 Å². The molecule has 0 aromatic heterocycles. The van der Waals surface area contributed by atoms with E-state index >= 15 is 0 Å². The molecule has 0 aromatic rings. The second-order valence-electron chi connectivity index (χ2n) is 51.8. The first-order valence-electron chi connectivity index (χ1n) is 44.9. The summed E-state index contributed by atoms with van der Waals surface area (Å²) in [5.74, 6) is 1.64. The zero-order valence-corrected chi connectivity index (χ0v) is 86.2. The van der Waals surface area contributed by atoms with Crippen LogP contribution in [-0.2, 0) is 14.2 Å². The molecule has 0 aromatic carbocycles. The van der Waals surface area contributed by atoms with Gasteiger partial charge in [0.05, 0.1) is 31.9 Å². The van der Waals surface area contributed by atoms with E-state index < -0.39 is 0 Å². The van der Waals surface area contributed by atoms with Crippen LogP contribution in [0.15, 0.2) is 98.6 Å². The maximum atomic E-state index is 5.61. The van der Waals surface area contributed by atoms with Crippen molar-refractivity contribution in [3.05, 3.63) is 98.6 Å². The predicted octanol–water partition coefficient (Wildman–Crippen LogP) is 27.9. The van der Waals surface area contributed by atoms with Crippen molar-refractivity contribution in [3.63, 3.8) is 0 Å². The van der Waals surface area contributed by atoms with Gasteiger partial charge in [0, 0.05) is 141 Å². The standard InChI is InChI=1S/C14H27N.C13H26N2.2C13H25NO.2C13H25N.C12H23NO.C12H23N.CH4/c1-11-9-8-10-12(13(2,3)4)15(11)14(5,6)7;1-10-8-14-9-11(12(2,3)4)15(10)13(5,6)7;1-10-8-15-9-11(12(2,3)4)14(10)13(5,6)7;1-10-14(13(5,6)7)11(8-9-15-10)12(2,3)4;2*1-10-8-9-11(12(2,3)4)14(10)13(5,6)7;1-9-13(12(5,6)7)10(8-14-9)11(2,3)4;1-9-8-10(11(2,3)4)13(9)12(5,6)7;/h12H,1,8-10H2,2-7H3;11,14H,1,8-9H2,2-7H3;2*11H,1,8-9H2,2-7H3;2*11H,1,8-9H2,2-7H3;10H,1,8H2,2-7H3;10H,1,8H2,2-7H3;1H4. The molecule has 8 fully saturated rings. The molecule has 8 rings (SSSR count). The molecule has 0 bridgehead atoms. The fraction of sp³-hybridized carbons (Fsp3) is 0.846. The van der Waals surface area contributed by atoms with Crippen LogP contribution in [-0.4, -0.2) is 171 Å². The van der Waals surface area contributed by atoms with Crippen molar-refractivity contribution in [2.45, 2.75) is 490 Å². The Bertz CT molecular complexity index is 2800. The normalized spacial score (nSPS) is 24.2. The first-order valence-corrected chi connectivity index (χ1v) is 44.9. The highest BCUT2D eigenvalue weighted by molar-refractivity contribution is 5.19. The Morgan fingerprint density at radius 3 is 0.776 bits per heavy atom. The molecule has 0 saturated carbocycles. The number of ether oxygens (including phenoxy) is 3. The van der Waals surface area contributed by atoms with Crippen LogP contribution in [0.4, 0.5) is 0 Å². The Kier molecular flexibility index (Phi) is 38.6. The van der Waals surface area contributed by atoms with Crippen molar-refractivity contribution in [2.75, 3.05) is 39.5 Å². The number of rotatable bonds is 0. The van der Waals surface area contributed by atoms with Gasteiger partial charge in [-0.1, -0.05) is 213 Å². The minimum Gasteiger partial charge on any atom is -0.479 e. The van der Waals surface area contributed by atoms with Gasteiger partial charge in [-0.3, -0.25) is 0 Å². The van der Waals surface area contributed by atoms with Crippen LogP contribution in [0.1, 0.15) is 398 Å². The van der Waals surface area contributed by atoms with E-state index in [1.807, 2.05) is 0 Å². The third-order valence-electron chi connectivity index (χ3n) is 23.9. The van der Waals surface area contributed by atoms with Crippen LogP contribution >= 0.6 is 0 Å². The van der Waals surface area contributed by atoms with Gasteiger partial charge >= 0.3 is 0 Å². The largest absolute Gasteiger partial charge is 0.479 e. The number of allylic oxidation sites excluding steroid dienone is 3. The smallest absolute Gasteiger partial charge is 0.182 e. The van der Waals surface area contributed by atoms with Crippen LogP contribution in [0.3, 0.4) is 0 Å². The van der Waals surface area contributed by atoms with Gasteiger partial charge in [-0.2, -0.15) is 0 Å². The van der Waals surface area contributed by atoms with Gasteiger partial charge < -0.3 is 58.7 Å². The van der Waals surface area contributed by atoms with Gasteiger partial charge in [0.1, 0.15) is 6.61 Å². The molecule has 8 aliphatic heterocycles. The summed E-state index contributed by atoms with van der Waals surface area (Å²) in [7, 11) is 0. The van der Waals surface area contributed by atoms with Crippen molar-refractivity contribution in [1.29, 1.82) is 0 Å². The Balaban J connectivity index is 0.00000130. The van der Waals surface area contributed by atoms with Crippen molar-refractivity contribution >= 4 is 0 Å². The van der Waals surface area contributed by atoms with Crippen molar-refractivity contribution in [1.82, 2.24) is 44.5 Å². The monoisotopic (exact) mass is 1630 g/mol. The second kappa shape index (κ2) is 40.0. The molecule has 12 nitrogen and oxygen atoms in total. The summed E-state index contributed by atoms with van der Waals surface area (Å²) in [6, 6.07) is 4.48. The summed E-state index contributed by atoms with van der Waals surface area (Å²) >= 11 is 0. The Morgan fingerprint density at radius 2 is 0.517 bits per heavy atom. The number of piperidine rings is 1. The van der Waals surface area contributed by atoms with Crippen LogP contribution in [0.2, 0.25) is 0 Å². The lowest BCUT2D eigenvalue weighted by Gasteiger charge is -2.57. The minimum absolute atomic E-state index is 0. The average molecular weight is 1630 g/mol. The number of likely N-dealkylation sites (tertiary alicyclic amines) is 4. The minimum atomic E-state index is 0. The van der Waals surface area contributed by atoms with Crippen LogP contribution in [0.25, 0.3) is 0 Å². The highest BCUT2D eigenvalue weighted by atomic mass is 16.5. The number of nitrogens with one attached hydrogen (secondary N) is 1. The molecular weight excluding hydrogens is 1420 g/mol. The van der Waals surface area contributed by atoms with Gasteiger partial charge in [-0.05, 0) is 268 Å². The molecule has 1 N–H and O–H groups in total. The highest BCUT2D eigenvalue weighted by Gasteiger charge is 2.49. The molecule has 12 heteroatoms. The molecule has 682 valence electrons. The van der Waals surface area contributed by atoms with Gasteiger partial charge in [0.15, 0.2) is 11.8 Å². The van der Waals surface area contributed by atoms with Crippen molar-refractivity contribution in [3.8, 4) is 0 Å². The summed E-state index contributed by atoms with van der Waals surface area (Å²) in [5, 5.41) is 3.45. The summed E-state index contributed by atoms with van der Waals surface area (Å²) in [4.78, 5) is 19.6. The molecule has 8 saturated heterocycles. The lowest BCUT2D eigenvalue weighted by atomic mass is 9.75. The number of hydrogen-bond acceptors (Lipinski definition) is 12. The topological polar surface area (TPSA) is 65.6 Å². The number of piperazine rings is 1. The number of morpholine rings is 1. The van der Waals surface area contributed by atoms with E-state index in [-0.39, 0.29) is 73.4 Å². The predicted molar refractivity (Wildman–Crippen MR) is 516 cm³/mol. The molecule has 0 amide bonds. The van der Waals surface area contributed by atoms with E-state index in [1.165, 1.54) is 79.9 Å². The van der Waals surface area contributed by atoms with Gasteiger partial charge in [-0.15, -0.1) is 0 Å². The van der Waals surface area contributed by atoms with E-state index in [0.717, 1.165) is 56.8 Å². The van der Waals surface area contributed by atoms with E-state index in [2.05, 4.69) is 429 Å². The summed E-state index contributed by atoms with van der Waals surface area (Å²) in [6.45, 7) is 147. The molecular formula is C104H203N9O3. The molecule has 0 spiro atoms. The molecule has 8 unspecified atom stereocenters. The third kappa shape index (κ3) is 32.9. The SMILES string of the molecule is C.C=C1CC(C(C)(C)C)N1C(C)(C)C.C=C1CCC(C(C)(C)C)N1C(C)(C)C.C=C1CCC(C(C)(C)C)N1C(C)(C)C.C=C1CCCC(C(C)(C)C)N1C(C)(C)C.C=C1CNCC(C(C)(C)C)N1C(C)(C)C.C=C1COCC(C(C)(C)C)N1C(C)(C)C.C=C1OCC(C(C)(C)C)N1C(C)(C)C.C=C1OCCC(C(C)(C)C)N1C(C)(C)C. The van der Waals surface area contributed by atoms with Crippen LogP contribution in [0.5, 0.6) is 0 Å². The van der Waals surface area contributed by atoms with Gasteiger partial charge in [0.25, 0.3) is 0 Å². The summed E-state index contributed by atoms with van der Waals surface area (Å²) < 4.78 is 16.7. The Labute approximate surface area is 726 Å². The molecule has 8 heterocycles. The summed E-state index contributed by atoms with van der Waals surface area (Å²) in [6.07, 6.45) is 10.9. The molecule has 0 radical (unpaired) electrons. The van der Waals surface area contributed by atoms with Crippen molar-refractivity contribution in [2.24, 2.45) is 43.3 Å². The first-order chi connectivity index (χ1) is 50.6. The number of nitrogens with zero attached hydrogens (tertiary/aromatic N) is 8. The lowest BCUT2D eigenvalue weighted by molar-refractivity contribution is -0.0599. The zero-order chi connectivity index (χ0) is 91.3. The quantitative estimate of drug-likeness (QED) is 0.251. The van der Waals surface area contributed by atoms with E-state index in [0.29, 0.717) is 76.6 Å². The fourth-order valence-electron chi connectivity index (χ4n) is 18.9. The van der Waals surface area contributed by atoms with Gasteiger partial charge in [0.2, 0.25) is 0 Å². The van der Waals surface area contributed by atoms with Crippen LogP contribution < -0.4 is 5.32 Å². The van der Waals surface area contributed by atoms with E-state index in [4.69, 9.17) is 14.2 Å². The fourth-order valence-corrected chi connectivity index (χ4v) is 18.9. The second-order valence-corrected chi connectivity index (χ2v) is 51.8. The molecule has 0 aliphatic carbocycles. The van der Waals surface area contributed by atoms with Gasteiger partial charge in [-0.25, -0.2) is 0 Å². The number of hydrogen-bond donors (Lipinski definition) is 1. The Hall–Kier alpha value is -4.16. The Morgan fingerprint density at radius 1 is 0.259 bits per heavy atom. The third-order valence-corrected chi connectivity index (χ3v) is 23.9. The van der Waals surface area contributed by atoms with E-state index in [1.54, 1.807) is 0 Å². The molecule has 8 atom stereocenters. The van der Waals surface area contributed by atoms with Crippen molar-refractivity contribution < 1.29 is 14.2 Å². The first kappa shape index (κ1) is 112. The maximum Gasteiger partial charge on any atom is 0.182 e. The lowest BCUT2D eigenvalue weighted by Crippen LogP contribution is -2.60. The highest BCUT2D eigenvalue weighted by Crippen LogP contribution is 2.48. The molecule has 8 aliphatic rings. The average Bonchev–Trinajstić information content (AvgIpc) is 1.21. The summed E-state index contributed by atoms with van der Waals surface area (Å²) in [5.41, 5.74) is 11.3. The zero-order valence-electron chi connectivity index (χ0n) is 86.2. The van der Waals surface area contributed by atoms with E-state index in [9.17, 15) is 0 Å².